The van der Waals surface area contributed by atoms with E-state index in [-0.39, 0.29) is 12.2 Å². The molecule has 0 N–H and O–H groups in total. The zero-order valence-electron chi connectivity index (χ0n) is 14.1. The van der Waals surface area contributed by atoms with Crippen LogP contribution in [-0.2, 0) is 16.6 Å². The van der Waals surface area contributed by atoms with Gasteiger partial charge < -0.3 is 0 Å². The van der Waals surface area contributed by atoms with Crippen LogP contribution in [0.5, 0.6) is 0 Å². The standard InChI is InChI=1S/C20H17F2NO2S/c1-15-5-4-6-16(13-15)14-23(18-11-9-17(21)10-12-18)26(24,25)20-8-3-2-7-19(20)22/h2-13H,14H2,1H3. The third-order valence-electron chi connectivity index (χ3n) is 3.93. The molecule has 0 aliphatic heterocycles. The predicted molar refractivity (Wildman–Crippen MR) is 97.3 cm³/mol. The van der Waals surface area contributed by atoms with E-state index in [0.29, 0.717) is 0 Å². The van der Waals surface area contributed by atoms with E-state index in [9.17, 15) is 17.2 Å². The lowest BCUT2D eigenvalue weighted by Gasteiger charge is -2.25. The van der Waals surface area contributed by atoms with Crippen molar-refractivity contribution in [1.82, 2.24) is 0 Å². The van der Waals surface area contributed by atoms with Crippen molar-refractivity contribution in [3.63, 3.8) is 0 Å². The number of sulfonamides is 1. The van der Waals surface area contributed by atoms with Gasteiger partial charge in [-0.15, -0.1) is 0 Å². The predicted octanol–water partition coefficient (Wildman–Crippen LogP) is 4.67. The molecule has 0 radical (unpaired) electrons. The van der Waals surface area contributed by atoms with Crippen LogP contribution < -0.4 is 4.31 Å². The van der Waals surface area contributed by atoms with Crippen LogP contribution in [0.25, 0.3) is 0 Å². The number of rotatable bonds is 5. The number of aryl methyl sites for hydroxylation is 1. The monoisotopic (exact) mass is 373 g/mol. The SMILES string of the molecule is Cc1cccc(CN(c2ccc(F)cc2)S(=O)(=O)c2ccccc2F)c1. The first kappa shape index (κ1) is 18.1. The summed E-state index contributed by atoms with van der Waals surface area (Å²) in [5, 5.41) is 0. The fraction of sp³-hybridized carbons (Fsp3) is 0.100. The Kier molecular flexibility index (Phi) is 5.04. The molecule has 0 saturated carbocycles. The first-order valence-corrected chi connectivity index (χ1v) is 9.40. The van der Waals surface area contributed by atoms with Crippen molar-refractivity contribution in [1.29, 1.82) is 0 Å². The topological polar surface area (TPSA) is 37.4 Å². The van der Waals surface area contributed by atoms with Crippen molar-refractivity contribution in [2.75, 3.05) is 4.31 Å². The summed E-state index contributed by atoms with van der Waals surface area (Å²) in [6, 6.07) is 17.7. The molecule has 26 heavy (non-hydrogen) atoms. The van der Waals surface area contributed by atoms with Crippen molar-refractivity contribution in [3.8, 4) is 0 Å². The van der Waals surface area contributed by atoms with Gasteiger partial charge in [-0.05, 0) is 48.9 Å². The van der Waals surface area contributed by atoms with E-state index in [1.165, 1.54) is 42.5 Å². The Balaban J connectivity index is 2.11. The lowest BCUT2D eigenvalue weighted by Crippen LogP contribution is -2.31. The van der Waals surface area contributed by atoms with E-state index in [0.717, 1.165) is 21.5 Å². The summed E-state index contributed by atoms with van der Waals surface area (Å²) in [5.41, 5.74) is 1.98. The molecule has 0 aromatic heterocycles. The van der Waals surface area contributed by atoms with Crippen LogP contribution in [0.1, 0.15) is 11.1 Å². The van der Waals surface area contributed by atoms with Gasteiger partial charge >= 0.3 is 0 Å². The summed E-state index contributed by atoms with van der Waals surface area (Å²) in [4.78, 5) is -0.419. The van der Waals surface area contributed by atoms with Crippen molar-refractivity contribution >= 4 is 15.7 Å². The van der Waals surface area contributed by atoms with Gasteiger partial charge in [0, 0.05) is 0 Å². The van der Waals surface area contributed by atoms with Crippen LogP contribution in [0.15, 0.2) is 77.7 Å². The van der Waals surface area contributed by atoms with Crippen LogP contribution in [-0.4, -0.2) is 8.42 Å². The summed E-state index contributed by atoms with van der Waals surface area (Å²) >= 11 is 0. The maximum atomic E-state index is 14.2. The minimum Gasteiger partial charge on any atom is -0.262 e. The highest BCUT2D eigenvalue weighted by Crippen LogP contribution is 2.27. The number of nitrogens with zero attached hydrogens (tertiary/aromatic N) is 1. The van der Waals surface area contributed by atoms with Crippen molar-refractivity contribution in [3.05, 3.63) is 95.6 Å². The number of hydrogen-bond acceptors (Lipinski definition) is 2. The average Bonchev–Trinajstić information content (AvgIpc) is 2.61. The van der Waals surface area contributed by atoms with E-state index in [4.69, 9.17) is 0 Å². The molecule has 3 nitrogen and oxygen atoms in total. The highest BCUT2D eigenvalue weighted by Gasteiger charge is 2.28. The van der Waals surface area contributed by atoms with Crippen LogP contribution in [0.2, 0.25) is 0 Å². The van der Waals surface area contributed by atoms with Crippen molar-refractivity contribution in [2.24, 2.45) is 0 Å². The van der Waals surface area contributed by atoms with E-state index in [1.807, 2.05) is 25.1 Å². The van der Waals surface area contributed by atoms with E-state index < -0.39 is 26.6 Å². The molecule has 0 aliphatic rings. The molecule has 0 amide bonds. The normalized spacial score (nSPS) is 11.3. The van der Waals surface area contributed by atoms with Gasteiger partial charge in [0.1, 0.15) is 16.5 Å². The molecule has 3 aromatic carbocycles. The summed E-state index contributed by atoms with van der Waals surface area (Å²) in [5.74, 6) is -1.31. The zero-order chi connectivity index (χ0) is 18.7. The fourth-order valence-corrected chi connectivity index (χ4v) is 4.19. The van der Waals surface area contributed by atoms with Crippen molar-refractivity contribution in [2.45, 2.75) is 18.4 Å². The summed E-state index contributed by atoms with van der Waals surface area (Å²) in [6.45, 7) is 1.90. The number of hydrogen-bond donors (Lipinski definition) is 0. The van der Waals surface area contributed by atoms with Crippen LogP contribution in [0, 0.1) is 18.6 Å². The summed E-state index contributed by atoms with van der Waals surface area (Å²) < 4.78 is 54.8. The minimum atomic E-state index is -4.17. The Morgan fingerprint density at radius 1 is 0.885 bits per heavy atom. The molecule has 0 aliphatic carbocycles. The highest BCUT2D eigenvalue weighted by molar-refractivity contribution is 7.92. The average molecular weight is 373 g/mol. The number of halogens is 2. The maximum absolute atomic E-state index is 14.2. The van der Waals surface area contributed by atoms with Gasteiger partial charge in [0.2, 0.25) is 0 Å². The molecule has 0 heterocycles. The van der Waals surface area contributed by atoms with Gasteiger partial charge in [-0.25, -0.2) is 17.2 Å². The van der Waals surface area contributed by atoms with Crippen LogP contribution >= 0.6 is 0 Å². The van der Waals surface area contributed by atoms with Gasteiger partial charge in [0.15, 0.2) is 0 Å². The first-order valence-electron chi connectivity index (χ1n) is 7.96. The van der Waals surface area contributed by atoms with Crippen molar-refractivity contribution < 1.29 is 17.2 Å². The Morgan fingerprint density at radius 2 is 1.58 bits per heavy atom. The quantitative estimate of drug-likeness (QED) is 0.652. The molecular formula is C20H17F2NO2S. The van der Waals surface area contributed by atoms with E-state index >= 15 is 0 Å². The molecule has 0 saturated heterocycles. The molecular weight excluding hydrogens is 356 g/mol. The summed E-state index contributed by atoms with van der Waals surface area (Å²) in [7, 11) is -4.17. The molecule has 0 atom stereocenters. The maximum Gasteiger partial charge on any atom is 0.267 e. The molecule has 0 spiro atoms. The highest BCUT2D eigenvalue weighted by atomic mass is 32.2. The molecule has 0 fully saturated rings. The van der Waals surface area contributed by atoms with Crippen LogP contribution in [0.3, 0.4) is 0 Å². The van der Waals surface area contributed by atoms with E-state index in [1.54, 1.807) is 6.07 Å². The Morgan fingerprint density at radius 3 is 2.23 bits per heavy atom. The lowest BCUT2D eigenvalue weighted by atomic mass is 10.1. The van der Waals surface area contributed by atoms with Gasteiger partial charge in [-0.1, -0.05) is 42.0 Å². The molecule has 6 heteroatoms. The van der Waals surface area contributed by atoms with Gasteiger partial charge in [-0.2, -0.15) is 0 Å². The largest absolute Gasteiger partial charge is 0.267 e. The second-order valence-electron chi connectivity index (χ2n) is 5.91. The second-order valence-corrected chi connectivity index (χ2v) is 7.74. The molecule has 0 bridgehead atoms. The Labute approximate surface area is 151 Å². The zero-order valence-corrected chi connectivity index (χ0v) is 14.9. The van der Waals surface area contributed by atoms with Crippen LogP contribution in [0.4, 0.5) is 14.5 Å². The molecule has 3 aromatic rings. The number of anilines is 1. The lowest BCUT2D eigenvalue weighted by molar-refractivity contribution is 0.563. The number of benzene rings is 3. The fourth-order valence-electron chi connectivity index (χ4n) is 2.67. The summed E-state index contributed by atoms with van der Waals surface area (Å²) in [6.07, 6.45) is 0. The third-order valence-corrected chi connectivity index (χ3v) is 5.74. The molecule has 3 rings (SSSR count). The molecule has 134 valence electrons. The Bertz CT molecular complexity index is 1020. The second kappa shape index (κ2) is 7.25. The smallest absolute Gasteiger partial charge is 0.262 e. The Hall–Kier alpha value is -2.73. The molecule has 0 unspecified atom stereocenters. The van der Waals surface area contributed by atoms with Gasteiger partial charge in [0.25, 0.3) is 10.0 Å². The van der Waals surface area contributed by atoms with Gasteiger partial charge in [0.05, 0.1) is 12.2 Å². The minimum absolute atomic E-state index is 0.00395. The first-order chi connectivity index (χ1) is 12.4. The third kappa shape index (κ3) is 3.75. The van der Waals surface area contributed by atoms with Gasteiger partial charge in [-0.3, -0.25) is 4.31 Å². The van der Waals surface area contributed by atoms with E-state index in [2.05, 4.69) is 0 Å².